The van der Waals surface area contributed by atoms with Crippen molar-refractivity contribution in [2.24, 2.45) is 11.3 Å². The standard InChI is InChI=1S/C15H30N2/c1-15(2)8-5-14(12-15)17-9-3-4-13-6-10-16-11-7-13/h13-14,16-17H,3-12H2,1-2H3. The maximum Gasteiger partial charge on any atom is 0.00723 e. The van der Waals surface area contributed by atoms with Gasteiger partial charge in [-0.2, -0.15) is 0 Å². The summed E-state index contributed by atoms with van der Waals surface area (Å²) in [6.07, 6.45) is 9.78. The fraction of sp³-hybridized carbons (Fsp3) is 1.00. The molecule has 0 amide bonds. The molecule has 1 atom stereocenters. The van der Waals surface area contributed by atoms with Crippen molar-refractivity contribution in [3.05, 3.63) is 0 Å². The van der Waals surface area contributed by atoms with Gasteiger partial charge in [0.2, 0.25) is 0 Å². The molecule has 1 aliphatic carbocycles. The summed E-state index contributed by atoms with van der Waals surface area (Å²) in [6.45, 7) is 8.54. The van der Waals surface area contributed by atoms with Crippen molar-refractivity contribution >= 4 is 0 Å². The molecular formula is C15H30N2. The van der Waals surface area contributed by atoms with E-state index < -0.39 is 0 Å². The molecule has 1 saturated heterocycles. The van der Waals surface area contributed by atoms with E-state index in [-0.39, 0.29) is 0 Å². The van der Waals surface area contributed by atoms with Crippen LogP contribution in [0.3, 0.4) is 0 Å². The lowest BCUT2D eigenvalue weighted by Gasteiger charge is -2.23. The summed E-state index contributed by atoms with van der Waals surface area (Å²) in [4.78, 5) is 0. The summed E-state index contributed by atoms with van der Waals surface area (Å²) in [5.41, 5.74) is 0.590. The van der Waals surface area contributed by atoms with Crippen LogP contribution in [-0.4, -0.2) is 25.7 Å². The first-order chi connectivity index (χ1) is 8.16. The maximum absolute atomic E-state index is 3.76. The molecule has 1 saturated carbocycles. The maximum atomic E-state index is 3.76. The van der Waals surface area contributed by atoms with E-state index in [1.807, 2.05) is 0 Å². The highest BCUT2D eigenvalue weighted by molar-refractivity contribution is 4.86. The van der Waals surface area contributed by atoms with Crippen LogP contribution in [0.15, 0.2) is 0 Å². The van der Waals surface area contributed by atoms with Crippen molar-refractivity contribution in [2.45, 2.75) is 64.8 Å². The molecule has 2 nitrogen and oxygen atoms in total. The highest BCUT2D eigenvalue weighted by atomic mass is 14.9. The topological polar surface area (TPSA) is 24.1 Å². The Morgan fingerprint density at radius 3 is 2.59 bits per heavy atom. The average Bonchev–Trinajstić information content (AvgIpc) is 2.66. The summed E-state index contributed by atoms with van der Waals surface area (Å²) in [5, 5.41) is 7.20. The van der Waals surface area contributed by atoms with Gasteiger partial charge in [-0.05, 0) is 75.9 Å². The highest BCUT2D eigenvalue weighted by Gasteiger charge is 2.30. The molecule has 0 bridgehead atoms. The summed E-state index contributed by atoms with van der Waals surface area (Å²) in [5.74, 6) is 0.998. The van der Waals surface area contributed by atoms with Gasteiger partial charge in [0.25, 0.3) is 0 Å². The van der Waals surface area contributed by atoms with E-state index in [0.717, 1.165) is 12.0 Å². The Balaban J connectivity index is 1.51. The number of hydrogen-bond acceptors (Lipinski definition) is 2. The molecule has 1 unspecified atom stereocenters. The molecule has 2 fully saturated rings. The molecule has 1 aliphatic heterocycles. The molecule has 1 heterocycles. The lowest BCUT2D eigenvalue weighted by Crippen LogP contribution is -2.30. The van der Waals surface area contributed by atoms with Crippen LogP contribution in [0.4, 0.5) is 0 Å². The van der Waals surface area contributed by atoms with Gasteiger partial charge in [-0.25, -0.2) is 0 Å². The molecule has 100 valence electrons. The van der Waals surface area contributed by atoms with Crippen molar-refractivity contribution in [1.82, 2.24) is 10.6 Å². The SMILES string of the molecule is CC1(C)CCC(NCCCC2CCNCC2)C1. The third kappa shape index (κ3) is 4.59. The monoisotopic (exact) mass is 238 g/mol. The Morgan fingerprint density at radius 1 is 1.18 bits per heavy atom. The van der Waals surface area contributed by atoms with Crippen molar-refractivity contribution < 1.29 is 0 Å². The van der Waals surface area contributed by atoms with Crippen LogP contribution in [0, 0.1) is 11.3 Å². The van der Waals surface area contributed by atoms with Gasteiger partial charge in [-0.3, -0.25) is 0 Å². The third-order valence-electron chi connectivity index (χ3n) is 4.65. The predicted octanol–water partition coefficient (Wildman–Crippen LogP) is 2.93. The van der Waals surface area contributed by atoms with E-state index in [4.69, 9.17) is 0 Å². The fourth-order valence-electron chi connectivity index (χ4n) is 3.48. The van der Waals surface area contributed by atoms with Crippen LogP contribution in [-0.2, 0) is 0 Å². The van der Waals surface area contributed by atoms with E-state index in [9.17, 15) is 0 Å². The van der Waals surface area contributed by atoms with Gasteiger partial charge in [-0.1, -0.05) is 13.8 Å². The largest absolute Gasteiger partial charge is 0.317 e. The third-order valence-corrected chi connectivity index (χ3v) is 4.65. The van der Waals surface area contributed by atoms with Gasteiger partial charge < -0.3 is 10.6 Å². The summed E-state index contributed by atoms with van der Waals surface area (Å²) < 4.78 is 0. The first-order valence-electron chi connectivity index (χ1n) is 7.60. The Morgan fingerprint density at radius 2 is 1.94 bits per heavy atom. The quantitative estimate of drug-likeness (QED) is 0.720. The van der Waals surface area contributed by atoms with Gasteiger partial charge >= 0.3 is 0 Å². The molecule has 2 aliphatic rings. The van der Waals surface area contributed by atoms with Crippen molar-refractivity contribution in [1.29, 1.82) is 0 Å². The number of hydrogen-bond donors (Lipinski definition) is 2. The minimum atomic E-state index is 0.590. The lowest BCUT2D eigenvalue weighted by atomic mass is 9.91. The normalized spacial score (nSPS) is 29.6. The van der Waals surface area contributed by atoms with E-state index in [0.29, 0.717) is 5.41 Å². The minimum Gasteiger partial charge on any atom is -0.317 e. The van der Waals surface area contributed by atoms with Crippen LogP contribution >= 0.6 is 0 Å². The zero-order valence-electron chi connectivity index (χ0n) is 11.7. The average molecular weight is 238 g/mol. The minimum absolute atomic E-state index is 0.590. The van der Waals surface area contributed by atoms with Gasteiger partial charge in [0.05, 0.1) is 0 Å². The summed E-state index contributed by atoms with van der Waals surface area (Å²) >= 11 is 0. The Labute approximate surface area is 107 Å². The van der Waals surface area contributed by atoms with E-state index in [1.165, 1.54) is 64.6 Å². The molecule has 0 spiro atoms. The van der Waals surface area contributed by atoms with Crippen LogP contribution in [0.5, 0.6) is 0 Å². The molecule has 0 aromatic rings. The van der Waals surface area contributed by atoms with E-state index in [2.05, 4.69) is 24.5 Å². The van der Waals surface area contributed by atoms with Crippen LogP contribution < -0.4 is 10.6 Å². The molecule has 0 radical (unpaired) electrons. The molecular weight excluding hydrogens is 208 g/mol. The second-order valence-electron chi connectivity index (χ2n) is 6.89. The number of rotatable bonds is 5. The lowest BCUT2D eigenvalue weighted by molar-refractivity contribution is 0.336. The van der Waals surface area contributed by atoms with Gasteiger partial charge in [0.1, 0.15) is 0 Å². The Kier molecular flexibility index (Phi) is 4.87. The first kappa shape index (κ1) is 13.4. The van der Waals surface area contributed by atoms with Crippen molar-refractivity contribution in [2.75, 3.05) is 19.6 Å². The van der Waals surface area contributed by atoms with Crippen LogP contribution in [0.1, 0.15) is 58.8 Å². The van der Waals surface area contributed by atoms with Crippen molar-refractivity contribution in [3.8, 4) is 0 Å². The second-order valence-corrected chi connectivity index (χ2v) is 6.89. The van der Waals surface area contributed by atoms with Crippen LogP contribution in [0.25, 0.3) is 0 Å². The zero-order valence-corrected chi connectivity index (χ0v) is 11.7. The molecule has 2 heteroatoms. The zero-order chi connectivity index (χ0) is 12.1. The highest BCUT2D eigenvalue weighted by Crippen LogP contribution is 2.36. The molecule has 2 N–H and O–H groups in total. The van der Waals surface area contributed by atoms with Crippen molar-refractivity contribution in [3.63, 3.8) is 0 Å². The Hall–Kier alpha value is -0.0800. The van der Waals surface area contributed by atoms with Gasteiger partial charge in [-0.15, -0.1) is 0 Å². The summed E-state index contributed by atoms with van der Waals surface area (Å²) in [6, 6.07) is 0.804. The van der Waals surface area contributed by atoms with E-state index in [1.54, 1.807) is 0 Å². The van der Waals surface area contributed by atoms with Crippen LogP contribution in [0.2, 0.25) is 0 Å². The number of nitrogens with one attached hydrogen (secondary N) is 2. The van der Waals surface area contributed by atoms with Gasteiger partial charge in [0, 0.05) is 6.04 Å². The van der Waals surface area contributed by atoms with E-state index >= 15 is 0 Å². The molecule has 0 aromatic heterocycles. The molecule has 2 rings (SSSR count). The second kappa shape index (κ2) is 6.19. The predicted molar refractivity (Wildman–Crippen MR) is 74.3 cm³/mol. The van der Waals surface area contributed by atoms with Gasteiger partial charge in [0.15, 0.2) is 0 Å². The first-order valence-corrected chi connectivity index (χ1v) is 7.60. The smallest absolute Gasteiger partial charge is 0.00723 e. The molecule has 17 heavy (non-hydrogen) atoms. The number of piperidine rings is 1. The molecule has 0 aromatic carbocycles. The summed E-state index contributed by atoms with van der Waals surface area (Å²) in [7, 11) is 0. The fourth-order valence-corrected chi connectivity index (χ4v) is 3.48. The Bertz CT molecular complexity index is 219.